The summed E-state index contributed by atoms with van der Waals surface area (Å²) >= 11 is 0. The fourth-order valence-corrected chi connectivity index (χ4v) is 2.12. The molecule has 25 heavy (non-hydrogen) atoms. The Hall–Kier alpha value is -3.14. The van der Waals surface area contributed by atoms with Gasteiger partial charge in [0, 0.05) is 0 Å². The number of phenols is 1. The first-order valence-electron chi connectivity index (χ1n) is 7.50. The smallest absolute Gasteiger partial charge is 0.348 e. The number of rotatable bonds is 6. The van der Waals surface area contributed by atoms with Gasteiger partial charge in [0.2, 0.25) is 0 Å². The minimum Gasteiger partial charge on any atom is -0.508 e. The van der Waals surface area contributed by atoms with Gasteiger partial charge in [-0.3, -0.25) is 0 Å². The van der Waals surface area contributed by atoms with Gasteiger partial charge in [-0.2, -0.15) is 5.26 Å². The Morgan fingerprint density at radius 1 is 1.16 bits per heavy atom. The van der Waals surface area contributed by atoms with Crippen molar-refractivity contribution in [1.82, 2.24) is 0 Å². The largest absolute Gasteiger partial charge is 0.508 e. The lowest BCUT2D eigenvalue weighted by Gasteiger charge is -2.17. The highest BCUT2D eigenvalue weighted by molar-refractivity contribution is 5.97. The van der Waals surface area contributed by atoms with Gasteiger partial charge in [0.1, 0.15) is 36.2 Å². The number of carbonyl (C=O) groups excluding carboxylic acids is 1. The summed E-state index contributed by atoms with van der Waals surface area (Å²) < 4.78 is 4.90. The first-order chi connectivity index (χ1) is 12.0. The molecule has 0 heterocycles. The summed E-state index contributed by atoms with van der Waals surface area (Å²) in [5.74, 6) is -0.925. The zero-order chi connectivity index (χ0) is 18.2. The first-order valence-corrected chi connectivity index (χ1v) is 7.50. The molecule has 0 bridgehead atoms. The van der Waals surface area contributed by atoms with Gasteiger partial charge >= 0.3 is 5.97 Å². The van der Waals surface area contributed by atoms with Crippen LogP contribution in [0, 0.1) is 11.3 Å². The molecule has 2 aromatic rings. The SMILES string of the molecule is N#C/C(=C\c1cccc(O)c1)C(=O)OCC(O)C(O)c1ccccc1. The van der Waals surface area contributed by atoms with E-state index < -0.39 is 24.8 Å². The van der Waals surface area contributed by atoms with E-state index in [9.17, 15) is 20.1 Å². The second-order valence-corrected chi connectivity index (χ2v) is 5.29. The van der Waals surface area contributed by atoms with Gasteiger partial charge < -0.3 is 20.1 Å². The minimum atomic E-state index is -1.33. The number of carbonyl (C=O) groups is 1. The van der Waals surface area contributed by atoms with Crippen LogP contribution in [-0.4, -0.2) is 34.0 Å². The van der Waals surface area contributed by atoms with Crippen molar-refractivity contribution in [3.63, 3.8) is 0 Å². The molecule has 6 heteroatoms. The highest BCUT2D eigenvalue weighted by Gasteiger charge is 2.21. The summed E-state index contributed by atoms with van der Waals surface area (Å²) in [6, 6.07) is 16.2. The van der Waals surface area contributed by atoms with Crippen LogP contribution in [0.4, 0.5) is 0 Å². The molecule has 0 aliphatic heterocycles. The second kappa shape index (κ2) is 8.64. The van der Waals surface area contributed by atoms with Crippen LogP contribution < -0.4 is 0 Å². The standard InChI is InChI=1S/C19H17NO5/c20-11-15(9-13-5-4-8-16(21)10-13)19(24)25-12-17(22)18(23)14-6-2-1-3-7-14/h1-10,17-18,21-23H,12H2/b15-9+. The number of aliphatic hydroxyl groups excluding tert-OH is 2. The summed E-state index contributed by atoms with van der Waals surface area (Å²) in [6.45, 7) is -0.464. The highest BCUT2D eigenvalue weighted by Crippen LogP contribution is 2.18. The lowest BCUT2D eigenvalue weighted by atomic mass is 10.1. The summed E-state index contributed by atoms with van der Waals surface area (Å²) in [4.78, 5) is 12.0. The minimum absolute atomic E-state index is 0.000753. The van der Waals surface area contributed by atoms with Gasteiger partial charge in [0.25, 0.3) is 0 Å². The van der Waals surface area contributed by atoms with Crippen LogP contribution in [-0.2, 0) is 9.53 Å². The van der Waals surface area contributed by atoms with E-state index in [1.54, 1.807) is 48.5 Å². The number of ether oxygens (including phenoxy) is 1. The molecular weight excluding hydrogens is 322 g/mol. The van der Waals surface area contributed by atoms with Crippen LogP contribution in [0.1, 0.15) is 17.2 Å². The van der Waals surface area contributed by atoms with Gasteiger partial charge in [-0.05, 0) is 29.3 Å². The molecule has 0 radical (unpaired) electrons. The van der Waals surface area contributed by atoms with Crippen LogP contribution in [0.15, 0.2) is 60.2 Å². The molecule has 0 fully saturated rings. The number of esters is 1. The maximum absolute atomic E-state index is 12.0. The Morgan fingerprint density at radius 2 is 1.88 bits per heavy atom. The third kappa shape index (κ3) is 5.18. The summed E-state index contributed by atoms with van der Waals surface area (Å²) in [5.41, 5.74) is 0.659. The molecule has 0 amide bonds. The topological polar surface area (TPSA) is 111 Å². The molecule has 2 unspecified atom stereocenters. The fraction of sp³-hybridized carbons (Fsp3) is 0.158. The van der Waals surface area contributed by atoms with E-state index in [0.29, 0.717) is 11.1 Å². The van der Waals surface area contributed by atoms with Crippen LogP contribution >= 0.6 is 0 Å². The van der Waals surface area contributed by atoms with E-state index in [1.165, 1.54) is 18.2 Å². The molecule has 2 rings (SSSR count). The van der Waals surface area contributed by atoms with Crippen LogP contribution in [0.25, 0.3) is 6.08 Å². The van der Waals surface area contributed by atoms with Crippen molar-refractivity contribution in [2.24, 2.45) is 0 Å². The van der Waals surface area contributed by atoms with Crippen LogP contribution in [0.3, 0.4) is 0 Å². The molecular formula is C19H17NO5. The average molecular weight is 339 g/mol. The number of hydrogen-bond acceptors (Lipinski definition) is 6. The number of phenolic OH excluding ortho intramolecular Hbond substituents is 1. The number of benzene rings is 2. The zero-order valence-electron chi connectivity index (χ0n) is 13.2. The number of aliphatic hydroxyl groups is 2. The quantitative estimate of drug-likeness (QED) is 0.421. The van der Waals surface area contributed by atoms with Crippen molar-refractivity contribution in [3.8, 4) is 11.8 Å². The molecule has 0 aliphatic rings. The predicted octanol–water partition coefficient (Wildman–Crippen LogP) is 1.94. The molecule has 0 spiro atoms. The van der Waals surface area contributed by atoms with Crippen LogP contribution in [0.5, 0.6) is 5.75 Å². The fourth-order valence-electron chi connectivity index (χ4n) is 2.12. The van der Waals surface area contributed by atoms with Crippen molar-refractivity contribution in [2.75, 3.05) is 6.61 Å². The van der Waals surface area contributed by atoms with Crippen molar-refractivity contribution in [1.29, 1.82) is 5.26 Å². The molecule has 0 saturated carbocycles. The predicted molar refractivity (Wildman–Crippen MR) is 90.1 cm³/mol. The van der Waals surface area contributed by atoms with E-state index in [4.69, 9.17) is 10.00 Å². The Kier molecular flexibility index (Phi) is 6.29. The summed E-state index contributed by atoms with van der Waals surface area (Å²) in [6.07, 6.45) is -1.27. The van der Waals surface area contributed by atoms with E-state index in [0.717, 1.165) is 0 Å². The molecule has 128 valence electrons. The van der Waals surface area contributed by atoms with Crippen LogP contribution in [0.2, 0.25) is 0 Å². The average Bonchev–Trinajstić information content (AvgIpc) is 2.64. The number of nitrogens with zero attached hydrogens (tertiary/aromatic N) is 1. The monoisotopic (exact) mass is 339 g/mol. The van der Waals surface area contributed by atoms with Gasteiger partial charge in [-0.1, -0.05) is 42.5 Å². The van der Waals surface area contributed by atoms with E-state index >= 15 is 0 Å². The Labute approximate surface area is 144 Å². The molecule has 0 saturated heterocycles. The number of aromatic hydroxyl groups is 1. The molecule has 2 aromatic carbocycles. The Balaban J connectivity index is 1.99. The van der Waals surface area contributed by atoms with E-state index in [1.807, 2.05) is 0 Å². The number of hydrogen-bond donors (Lipinski definition) is 3. The summed E-state index contributed by atoms with van der Waals surface area (Å²) in [5, 5.41) is 38.4. The first kappa shape index (κ1) is 18.2. The third-order valence-electron chi connectivity index (χ3n) is 3.41. The number of nitriles is 1. The van der Waals surface area contributed by atoms with Gasteiger partial charge in [-0.25, -0.2) is 4.79 Å². The molecule has 6 nitrogen and oxygen atoms in total. The molecule has 0 aromatic heterocycles. The molecule has 2 atom stereocenters. The van der Waals surface area contributed by atoms with E-state index in [-0.39, 0.29) is 11.3 Å². The molecule has 3 N–H and O–H groups in total. The molecule has 0 aliphatic carbocycles. The lowest BCUT2D eigenvalue weighted by Crippen LogP contribution is -2.26. The van der Waals surface area contributed by atoms with Gasteiger partial charge in [-0.15, -0.1) is 0 Å². The third-order valence-corrected chi connectivity index (χ3v) is 3.41. The zero-order valence-corrected chi connectivity index (χ0v) is 13.2. The Morgan fingerprint density at radius 3 is 2.52 bits per heavy atom. The van der Waals surface area contributed by atoms with Crippen molar-refractivity contribution in [3.05, 3.63) is 71.3 Å². The maximum atomic E-state index is 12.0. The normalized spacial score (nSPS) is 13.6. The Bertz CT molecular complexity index is 795. The van der Waals surface area contributed by atoms with Crippen molar-refractivity contribution < 1.29 is 24.9 Å². The van der Waals surface area contributed by atoms with Crippen molar-refractivity contribution >= 4 is 12.0 Å². The van der Waals surface area contributed by atoms with Gasteiger partial charge in [0.05, 0.1) is 0 Å². The maximum Gasteiger partial charge on any atom is 0.348 e. The highest BCUT2D eigenvalue weighted by atomic mass is 16.5. The van der Waals surface area contributed by atoms with Gasteiger partial charge in [0.15, 0.2) is 0 Å². The summed E-state index contributed by atoms with van der Waals surface area (Å²) in [7, 11) is 0. The second-order valence-electron chi connectivity index (χ2n) is 5.29. The van der Waals surface area contributed by atoms with E-state index in [2.05, 4.69) is 0 Å². The lowest BCUT2D eigenvalue weighted by molar-refractivity contribution is -0.143. The van der Waals surface area contributed by atoms with Crippen molar-refractivity contribution in [2.45, 2.75) is 12.2 Å².